The fourth-order valence-corrected chi connectivity index (χ4v) is 5.14. The van der Waals surface area contributed by atoms with Gasteiger partial charge in [-0.25, -0.2) is 0 Å². The van der Waals surface area contributed by atoms with Crippen molar-refractivity contribution < 1.29 is 76.7 Å². The molecule has 1 aliphatic rings. The topological polar surface area (TPSA) is 166 Å². The van der Waals surface area contributed by atoms with Gasteiger partial charge in [-0.3, -0.25) is 14.3 Å². The molecular formula is C34H47N6O8Tb-. The number of benzene rings is 1. The van der Waals surface area contributed by atoms with Crippen molar-refractivity contribution in [1.82, 2.24) is 25.3 Å². The molecule has 2 atom stereocenters. The number of hydrogen-bond acceptors (Lipinski definition) is 10. The number of ether oxygens (including phenoxy) is 5. The molecular weight excluding hydrogens is 779 g/mol. The molecule has 2 N–H and O–H groups in total. The fraction of sp³-hybridized carbons (Fsp3) is 0.559. The van der Waals surface area contributed by atoms with E-state index in [1.807, 2.05) is 31.2 Å². The maximum atomic E-state index is 13.5. The Kier molecular flexibility index (Phi) is 21.7. The van der Waals surface area contributed by atoms with Crippen LogP contribution in [0.1, 0.15) is 29.2 Å². The van der Waals surface area contributed by atoms with Crippen LogP contribution in [0, 0.1) is 62.8 Å². The minimum Gasteiger partial charge on any atom is -0.528 e. The molecule has 1 aromatic carbocycles. The summed E-state index contributed by atoms with van der Waals surface area (Å²) in [5, 5.41) is 19.4. The molecule has 0 spiro atoms. The van der Waals surface area contributed by atoms with Crippen molar-refractivity contribution in [1.29, 1.82) is 5.26 Å². The first-order valence-corrected chi connectivity index (χ1v) is 16.1. The summed E-state index contributed by atoms with van der Waals surface area (Å²) >= 11 is 0. The Bertz CT molecular complexity index is 1350. The van der Waals surface area contributed by atoms with Crippen molar-refractivity contribution in [2.75, 3.05) is 92.2 Å². The fourth-order valence-electron chi connectivity index (χ4n) is 5.14. The van der Waals surface area contributed by atoms with Crippen LogP contribution in [0.25, 0.3) is 6.08 Å². The van der Waals surface area contributed by atoms with Crippen LogP contribution in [0.2, 0.25) is 0 Å². The van der Waals surface area contributed by atoms with Gasteiger partial charge in [0.15, 0.2) is 0 Å². The van der Waals surface area contributed by atoms with Gasteiger partial charge in [-0.2, -0.15) is 16.8 Å². The molecule has 2 aromatic rings. The zero-order valence-electron chi connectivity index (χ0n) is 28.2. The van der Waals surface area contributed by atoms with E-state index in [4.69, 9.17) is 23.7 Å². The molecule has 271 valence electrons. The van der Waals surface area contributed by atoms with Crippen LogP contribution >= 0.6 is 0 Å². The second-order valence-corrected chi connectivity index (χ2v) is 11.2. The summed E-state index contributed by atoms with van der Waals surface area (Å²) in [7, 11) is 1.77. The molecule has 15 heteroatoms. The summed E-state index contributed by atoms with van der Waals surface area (Å²) in [4.78, 5) is 38.4. The molecule has 3 rings (SSSR count). The molecule has 14 nitrogen and oxygen atoms in total. The zero-order valence-corrected chi connectivity index (χ0v) is 30.3. The van der Waals surface area contributed by atoms with E-state index < -0.39 is 11.8 Å². The number of nitrogens with one attached hydrogen (secondary N) is 2. The van der Waals surface area contributed by atoms with Crippen LogP contribution in [-0.4, -0.2) is 125 Å². The van der Waals surface area contributed by atoms with Gasteiger partial charge in [0.1, 0.15) is 11.6 Å². The van der Waals surface area contributed by atoms with Crippen molar-refractivity contribution in [3.8, 4) is 6.07 Å². The number of aromatic nitrogens is 2. The standard InChI is InChI=1S/C34H47N6O8.Tb/c1-27-4-3-5-28(20-27)30-21-31(25-40(24-30)34(43)29(23-35)22-32-6-9-39(2)38-32)33(42)37-8-11-45-13-15-47-17-19-48-18-16-46-14-12-44-10-7-36-26-41;/h3-6,9,20,22,30-31H,7-8,10-19,21,24-25H2,1-2H3,(H,36,41)(H,37,42);/q-1;/b29-22+;. The quantitative estimate of drug-likeness (QED) is 0.0546. The molecule has 2 unspecified atom stereocenters. The van der Waals surface area contributed by atoms with Crippen molar-refractivity contribution in [2.45, 2.75) is 19.3 Å². The number of carbonyl (C=O) groups is 2. The molecule has 1 aromatic heterocycles. The molecule has 1 radical (unpaired) electrons. The average Bonchev–Trinajstić information content (AvgIpc) is 3.51. The van der Waals surface area contributed by atoms with Gasteiger partial charge in [0.2, 0.25) is 5.91 Å². The van der Waals surface area contributed by atoms with Gasteiger partial charge in [-0.1, -0.05) is 29.8 Å². The van der Waals surface area contributed by atoms with Gasteiger partial charge in [0.05, 0.1) is 77.7 Å². The van der Waals surface area contributed by atoms with Crippen LogP contribution in [0.3, 0.4) is 0 Å². The van der Waals surface area contributed by atoms with Crippen LogP contribution < -0.4 is 10.6 Å². The Labute approximate surface area is 319 Å². The van der Waals surface area contributed by atoms with E-state index in [0.717, 1.165) is 11.1 Å². The maximum absolute atomic E-state index is 13.5. The first-order valence-electron chi connectivity index (χ1n) is 16.1. The Hall–Kier alpha value is -2.84. The number of aryl methyl sites for hydroxylation is 2. The number of likely N-dealkylation sites (tertiary alicyclic amines) is 1. The van der Waals surface area contributed by atoms with E-state index in [1.165, 1.54) is 6.08 Å². The zero-order chi connectivity index (χ0) is 34.4. The van der Waals surface area contributed by atoms with Crippen molar-refractivity contribution in [3.05, 3.63) is 58.9 Å². The predicted octanol–water partition coefficient (Wildman–Crippen LogP) is 1.12. The molecule has 0 saturated carbocycles. The largest absolute Gasteiger partial charge is 0.528 e. The van der Waals surface area contributed by atoms with E-state index in [-0.39, 0.29) is 62.6 Å². The van der Waals surface area contributed by atoms with Gasteiger partial charge < -0.3 is 44.0 Å². The predicted molar refractivity (Wildman–Crippen MR) is 176 cm³/mol. The van der Waals surface area contributed by atoms with Gasteiger partial charge in [-0.05, 0) is 31.1 Å². The molecule has 0 aliphatic carbocycles. The van der Waals surface area contributed by atoms with Crippen LogP contribution in [-0.2, 0) is 45.1 Å². The first-order chi connectivity index (χ1) is 23.4. The summed E-state index contributed by atoms with van der Waals surface area (Å²) in [6.07, 6.45) is 5.39. The van der Waals surface area contributed by atoms with E-state index in [2.05, 4.69) is 21.8 Å². The summed E-state index contributed by atoms with van der Waals surface area (Å²) in [5.41, 5.74) is 2.65. The molecule has 0 bridgehead atoms. The monoisotopic (exact) mass is 826 g/mol. The summed E-state index contributed by atoms with van der Waals surface area (Å²) < 4.78 is 28.8. The Morgan fingerprint density at radius 1 is 0.959 bits per heavy atom. The molecule has 1 fully saturated rings. The Balaban J connectivity index is 0.00000833. The summed E-state index contributed by atoms with van der Waals surface area (Å²) in [6, 6.07) is 11.8. The van der Waals surface area contributed by atoms with Gasteiger partial charge in [0, 0.05) is 84.0 Å². The Morgan fingerprint density at radius 3 is 2.12 bits per heavy atom. The van der Waals surface area contributed by atoms with E-state index in [0.29, 0.717) is 97.8 Å². The SMILES string of the molecule is Cc1cccc(C2CC(C(=O)NCCOCCOCCOCCOCCOCCN[C-]=O)CN(C(=O)/C(C#N)=C/c3ccn(C)n3)C2)c1.[Tb]. The van der Waals surface area contributed by atoms with Gasteiger partial charge >= 0.3 is 0 Å². The number of amides is 3. The smallest absolute Gasteiger partial charge is 0.264 e. The summed E-state index contributed by atoms with van der Waals surface area (Å²) in [5.74, 6) is -1.07. The number of rotatable bonds is 23. The third kappa shape index (κ3) is 16.6. The van der Waals surface area contributed by atoms with Crippen molar-refractivity contribution >= 4 is 24.3 Å². The van der Waals surface area contributed by atoms with E-state index in [9.17, 15) is 19.6 Å². The number of carbonyl (C=O) groups excluding carboxylic acids is 3. The third-order valence-electron chi connectivity index (χ3n) is 7.48. The number of nitrogens with zero attached hydrogens (tertiary/aromatic N) is 4. The minimum atomic E-state index is -0.444. The van der Waals surface area contributed by atoms with Crippen LogP contribution in [0.5, 0.6) is 0 Å². The van der Waals surface area contributed by atoms with Crippen LogP contribution in [0.4, 0.5) is 0 Å². The van der Waals surface area contributed by atoms with Crippen molar-refractivity contribution in [2.24, 2.45) is 13.0 Å². The Morgan fingerprint density at radius 2 is 1.57 bits per heavy atom. The second-order valence-electron chi connectivity index (χ2n) is 11.2. The maximum Gasteiger partial charge on any atom is 0.264 e. The number of hydrogen-bond donors (Lipinski definition) is 2. The second kappa shape index (κ2) is 25.2. The van der Waals surface area contributed by atoms with Crippen molar-refractivity contribution in [3.63, 3.8) is 0 Å². The summed E-state index contributed by atoms with van der Waals surface area (Å²) in [6.45, 7) is 7.53. The van der Waals surface area contributed by atoms with E-state index >= 15 is 0 Å². The molecule has 3 amide bonds. The molecule has 1 aliphatic heterocycles. The average molecular weight is 827 g/mol. The van der Waals surface area contributed by atoms with Crippen LogP contribution in [0.15, 0.2) is 42.1 Å². The molecule has 1 saturated heterocycles. The third-order valence-corrected chi connectivity index (χ3v) is 7.48. The molecule has 49 heavy (non-hydrogen) atoms. The van der Waals surface area contributed by atoms with Gasteiger partial charge in [0.25, 0.3) is 5.91 Å². The normalized spacial score (nSPS) is 16.0. The minimum absolute atomic E-state index is 0. The molecule has 2 heterocycles. The number of piperidine rings is 1. The number of nitriles is 1. The first kappa shape index (κ1) is 42.3. The van der Waals surface area contributed by atoms with Gasteiger partial charge in [-0.15, -0.1) is 0 Å². The van der Waals surface area contributed by atoms with E-state index in [1.54, 1.807) is 35.3 Å².